The average Bonchev–Trinajstić information content (AvgIpc) is 2.16. The highest BCUT2D eigenvalue weighted by molar-refractivity contribution is 7.89. The molecule has 0 bridgehead atoms. The SMILES string of the molecule is CCCS(=O)(=O)NCc1ccncc1C. The lowest BCUT2D eigenvalue weighted by molar-refractivity contribution is 0.580. The third-order valence-electron chi connectivity index (χ3n) is 2.09. The summed E-state index contributed by atoms with van der Waals surface area (Å²) in [6.45, 7) is 4.10. The van der Waals surface area contributed by atoms with Gasteiger partial charge in [0.2, 0.25) is 10.0 Å². The molecule has 0 saturated carbocycles. The maximum absolute atomic E-state index is 11.4. The molecular formula is C10H16N2O2S. The molecule has 0 amide bonds. The summed E-state index contributed by atoms with van der Waals surface area (Å²) in [7, 11) is -3.12. The first-order chi connectivity index (χ1) is 7.05. The summed E-state index contributed by atoms with van der Waals surface area (Å²) >= 11 is 0. The monoisotopic (exact) mass is 228 g/mol. The first kappa shape index (κ1) is 12.1. The van der Waals surface area contributed by atoms with E-state index in [1.807, 2.05) is 19.9 Å². The summed E-state index contributed by atoms with van der Waals surface area (Å²) in [5.74, 6) is 0.178. The molecule has 0 unspecified atom stereocenters. The molecule has 5 heteroatoms. The average molecular weight is 228 g/mol. The van der Waals surface area contributed by atoms with Crippen LogP contribution < -0.4 is 4.72 Å². The van der Waals surface area contributed by atoms with Crippen molar-refractivity contribution in [3.63, 3.8) is 0 Å². The minimum atomic E-state index is -3.12. The summed E-state index contributed by atoms with van der Waals surface area (Å²) in [5.41, 5.74) is 1.96. The highest BCUT2D eigenvalue weighted by atomic mass is 32.2. The number of nitrogens with one attached hydrogen (secondary N) is 1. The normalized spacial score (nSPS) is 11.6. The molecular weight excluding hydrogens is 212 g/mol. The number of hydrogen-bond donors (Lipinski definition) is 1. The van der Waals surface area contributed by atoms with Crippen LogP contribution in [-0.4, -0.2) is 19.2 Å². The van der Waals surface area contributed by atoms with Gasteiger partial charge in [-0.05, 0) is 30.5 Å². The van der Waals surface area contributed by atoms with Crippen LogP contribution in [0.5, 0.6) is 0 Å². The first-order valence-electron chi connectivity index (χ1n) is 4.92. The van der Waals surface area contributed by atoms with Crippen LogP contribution in [0.15, 0.2) is 18.5 Å². The van der Waals surface area contributed by atoms with Gasteiger partial charge in [-0.3, -0.25) is 4.98 Å². The Labute approximate surface area is 90.8 Å². The van der Waals surface area contributed by atoms with Crippen molar-refractivity contribution < 1.29 is 8.42 Å². The molecule has 1 rings (SSSR count). The van der Waals surface area contributed by atoms with Gasteiger partial charge in [0.05, 0.1) is 5.75 Å². The van der Waals surface area contributed by atoms with E-state index in [0.29, 0.717) is 13.0 Å². The van der Waals surface area contributed by atoms with Gasteiger partial charge >= 0.3 is 0 Å². The summed E-state index contributed by atoms with van der Waals surface area (Å²) < 4.78 is 25.3. The molecule has 4 nitrogen and oxygen atoms in total. The zero-order valence-electron chi connectivity index (χ0n) is 9.03. The Morgan fingerprint density at radius 1 is 1.47 bits per heavy atom. The van der Waals surface area contributed by atoms with Crippen molar-refractivity contribution >= 4 is 10.0 Å². The molecule has 84 valence electrons. The molecule has 0 saturated heterocycles. The van der Waals surface area contributed by atoms with Crippen LogP contribution >= 0.6 is 0 Å². The van der Waals surface area contributed by atoms with Gasteiger partial charge in [-0.2, -0.15) is 0 Å². The van der Waals surface area contributed by atoms with Crippen LogP contribution in [0.25, 0.3) is 0 Å². The fraction of sp³-hybridized carbons (Fsp3) is 0.500. The molecule has 1 N–H and O–H groups in total. The number of nitrogens with zero attached hydrogens (tertiary/aromatic N) is 1. The Hall–Kier alpha value is -0.940. The number of hydrogen-bond acceptors (Lipinski definition) is 3. The van der Waals surface area contributed by atoms with Gasteiger partial charge in [-0.25, -0.2) is 13.1 Å². The largest absolute Gasteiger partial charge is 0.264 e. The molecule has 0 aliphatic heterocycles. The fourth-order valence-electron chi connectivity index (χ4n) is 1.23. The molecule has 0 aliphatic carbocycles. The second-order valence-electron chi connectivity index (χ2n) is 3.44. The van der Waals surface area contributed by atoms with Crippen LogP contribution in [-0.2, 0) is 16.6 Å². The topological polar surface area (TPSA) is 59.1 Å². The van der Waals surface area contributed by atoms with Crippen LogP contribution in [0.4, 0.5) is 0 Å². The van der Waals surface area contributed by atoms with E-state index in [2.05, 4.69) is 9.71 Å². The second kappa shape index (κ2) is 5.23. The van der Waals surface area contributed by atoms with E-state index in [4.69, 9.17) is 0 Å². The van der Waals surface area contributed by atoms with E-state index in [1.165, 1.54) is 0 Å². The quantitative estimate of drug-likeness (QED) is 0.824. The maximum Gasteiger partial charge on any atom is 0.211 e. The second-order valence-corrected chi connectivity index (χ2v) is 5.37. The smallest absolute Gasteiger partial charge is 0.211 e. The van der Waals surface area contributed by atoms with E-state index >= 15 is 0 Å². The van der Waals surface area contributed by atoms with Crippen molar-refractivity contribution in [2.45, 2.75) is 26.8 Å². The van der Waals surface area contributed by atoms with Crippen LogP contribution in [0.2, 0.25) is 0 Å². The van der Waals surface area contributed by atoms with Gasteiger partial charge in [0, 0.05) is 18.9 Å². The van der Waals surface area contributed by atoms with Crippen molar-refractivity contribution in [3.8, 4) is 0 Å². The van der Waals surface area contributed by atoms with E-state index in [0.717, 1.165) is 11.1 Å². The zero-order chi connectivity index (χ0) is 11.3. The van der Waals surface area contributed by atoms with Crippen molar-refractivity contribution in [2.24, 2.45) is 0 Å². The number of aromatic nitrogens is 1. The summed E-state index contributed by atoms with van der Waals surface area (Å²) in [6, 6.07) is 1.82. The summed E-state index contributed by atoms with van der Waals surface area (Å²) in [5, 5.41) is 0. The fourth-order valence-corrected chi connectivity index (χ4v) is 2.29. The number of aryl methyl sites for hydroxylation is 1. The van der Waals surface area contributed by atoms with Gasteiger partial charge in [0.15, 0.2) is 0 Å². The van der Waals surface area contributed by atoms with Gasteiger partial charge < -0.3 is 0 Å². The molecule has 1 aromatic rings. The van der Waals surface area contributed by atoms with E-state index in [-0.39, 0.29) is 5.75 Å². The molecule has 0 aromatic carbocycles. The van der Waals surface area contributed by atoms with E-state index < -0.39 is 10.0 Å². The van der Waals surface area contributed by atoms with Gasteiger partial charge in [-0.1, -0.05) is 6.92 Å². The Kier molecular flexibility index (Phi) is 4.23. The molecule has 15 heavy (non-hydrogen) atoms. The highest BCUT2D eigenvalue weighted by Crippen LogP contribution is 2.05. The van der Waals surface area contributed by atoms with E-state index in [1.54, 1.807) is 12.4 Å². The van der Waals surface area contributed by atoms with Crippen LogP contribution in [0, 0.1) is 6.92 Å². The predicted octanol–water partition coefficient (Wildman–Crippen LogP) is 1.22. The maximum atomic E-state index is 11.4. The zero-order valence-corrected chi connectivity index (χ0v) is 9.84. The molecule has 0 fully saturated rings. The van der Waals surface area contributed by atoms with Crippen molar-refractivity contribution in [3.05, 3.63) is 29.6 Å². The van der Waals surface area contributed by atoms with Crippen molar-refractivity contribution in [1.29, 1.82) is 0 Å². The molecule has 0 spiro atoms. The number of pyridine rings is 1. The molecule has 0 atom stereocenters. The minimum absolute atomic E-state index is 0.178. The lowest BCUT2D eigenvalue weighted by Crippen LogP contribution is -2.25. The van der Waals surface area contributed by atoms with E-state index in [9.17, 15) is 8.42 Å². The van der Waals surface area contributed by atoms with Gasteiger partial charge in [0.1, 0.15) is 0 Å². The Bertz CT molecular complexity index is 415. The Morgan fingerprint density at radius 3 is 2.80 bits per heavy atom. The van der Waals surface area contributed by atoms with Crippen LogP contribution in [0.3, 0.4) is 0 Å². The van der Waals surface area contributed by atoms with Crippen molar-refractivity contribution in [1.82, 2.24) is 9.71 Å². The predicted molar refractivity (Wildman–Crippen MR) is 59.9 cm³/mol. The molecule has 0 aliphatic rings. The lowest BCUT2D eigenvalue weighted by Gasteiger charge is -2.07. The summed E-state index contributed by atoms with van der Waals surface area (Å²) in [4.78, 5) is 3.95. The van der Waals surface area contributed by atoms with Gasteiger partial charge in [0.25, 0.3) is 0 Å². The third kappa shape index (κ3) is 3.97. The molecule has 0 radical (unpaired) electrons. The Morgan fingerprint density at radius 2 is 2.20 bits per heavy atom. The first-order valence-corrected chi connectivity index (χ1v) is 6.57. The highest BCUT2D eigenvalue weighted by Gasteiger charge is 2.08. The summed E-state index contributed by atoms with van der Waals surface area (Å²) in [6.07, 6.45) is 4.02. The van der Waals surface area contributed by atoms with Gasteiger partial charge in [-0.15, -0.1) is 0 Å². The molecule has 1 aromatic heterocycles. The Balaban J connectivity index is 2.62. The van der Waals surface area contributed by atoms with Crippen LogP contribution in [0.1, 0.15) is 24.5 Å². The number of rotatable bonds is 5. The third-order valence-corrected chi connectivity index (χ3v) is 3.62. The minimum Gasteiger partial charge on any atom is -0.264 e. The lowest BCUT2D eigenvalue weighted by atomic mass is 10.2. The number of sulfonamides is 1. The molecule has 1 heterocycles. The standard InChI is InChI=1S/C10H16N2O2S/c1-3-6-15(13,14)12-8-10-4-5-11-7-9(10)2/h4-5,7,12H,3,6,8H2,1-2H3. The van der Waals surface area contributed by atoms with Crippen molar-refractivity contribution in [2.75, 3.05) is 5.75 Å².